The van der Waals surface area contributed by atoms with Crippen molar-refractivity contribution < 1.29 is 0 Å². The molecule has 0 amide bonds. The lowest BCUT2D eigenvalue weighted by Crippen LogP contribution is -2.62. The molecule has 1 saturated heterocycles. The summed E-state index contributed by atoms with van der Waals surface area (Å²) in [5.41, 5.74) is 0.316. The van der Waals surface area contributed by atoms with Crippen molar-refractivity contribution in [2.24, 2.45) is 5.92 Å². The van der Waals surface area contributed by atoms with Crippen molar-refractivity contribution in [3.05, 3.63) is 0 Å². The molecule has 1 heterocycles. The second kappa shape index (κ2) is 5.71. The van der Waals surface area contributed by atoms with Crippen molar-refractivity contribution in [2.45, 2.75) is 70.9 Å². The standard InChI is InChI=1S/C15H30N2/c1-4-5-6-7-10-17-12-15(2,3)16-11-14(17)13-8-9-13/h13-14,16H,4-12H2,1-3H3. The lowest BCUT2D eigenvalue weighted by molar-refractivity contribution is 0.0810. The van der Waals surface area contributed by atoms with E-state index in [-0.39, 0.29) is 0 Å². The largest absolute Gasteiger partial charge is 0.309 e. The number of rotatable bonds is 6. The molecule has 2 aliphatic rings. The van der Waals surface area contributed by atoms with Crippen LogP contribution in [0.2, 0.25) is 0 Å². The van der Waals surface area contributed by atoms with Gasteiger partial charge in [-0.3, -0.25) is 4.90 Å². The Bertz CT molecular complexity index is 233. The van der Waals surface area contributed by atoms with Crippen LogP contribution in [-0.4, -0.2) is 36.1 Å². The van der Waals surface area contributed by atoms with E-state index in [1.165, 1.54) is 58.2 Å². The van der Waals surface area contributed by atoms with Crippen molar-refractivity contribution >= 4 is 0 Å². The summed E-state index contributed by atoms with van der Waals surface area (Å²) < 4.78 is 0. The van der Waals surface area contributed by atoms with E-state index in [2.05, 4.69) is 31.0 Å². The Morgan fingerprint density at radius 1 is 1.18 bits per heavy atom. The summed E-state index contributed by atoms with van der Waals surface area (Å²) in [4.78, 5) is 2.78. The first-order valence-electron chi connectivity index (χ1n) is 7.61. The maximum absolute atomic E-state index is 3.72. The van der Waals surface area contributed by atoms with Gasteiger partial charge in [-0.05, 0) is 45.6 Å². The summed E-state index contributed by atoms with van der Waals surface area (Å²) in [6.07, 6.45) is 8.50. The fourth-order valence-corrected chi connectivity index (χ4v) is 3.12. The normalized spacial score (nSPS) is 29.5. The smallest absolute Gasteiger partial charge is 0.0252 e. The highest BCUT2D eigenvalue weighted by atomic mass is 15.3. The van der Waals surface area contributed by atoms with Crippen LogP contribution in [0.5, 0.6) is 0 Å². The zero-order valence-corrected chi connectivity index (χ0v) is 12.0. The van der Waals surface area contributed by atoms with Crippen LogP contribution in [0.1, 0.15) is 59.3 Å². The third-order valence-electron chi connectivity index (χ3n) is 4.32. The summed E-state index contributed by atoms with van der Waals surface area (Å²) in [5, 5.41) is 3.72. The van der Waals surface area contributed by atoms with Crippen molar-refractivity contribution in [2.75, 3.05) is 19.6 Å². The number of unbranched alkanes of at least 4 members (excludes halogenated alkanes) is 3. The van der Waals surface area contributed by atoms with Crippen LogP contribution in [0.15, 0.2) is 0 Å². The molecule has 0 aromatic rings. The molecule has 1 aliphatic heterocycles. The summed E-state index contributed by atoms with van der Waals surface area (Å²) in [6, 6.07) is 0.838. The second-order valence-electron chi connectivity index (χ2n) is 6.70. The van der Waals surface area contributed by atoms with Crippen molar-refractivity contribution in [1.82, 2.24) is 10.2 Å². The molecule has 0 aromatic heterocycles. The van der Waals surface area contributed by atoms with Crippen LogP contribution in [0.25, 0.3) is 0 Å². The number of hydrogen-bond acceptors (Lipinski definition) is 2. The molecule has 1 unspecified atom stereocenters. The van der Waals surface area contributed by atoms with Gasteiger partial charge in [0.25, 0.3) is 0 Å². The number of nitrogens with one attached hydrogen (secondary N) is 1. The zero-order valence-electron chi connectivity index (χ0n) is 12.0. The molecule has 0 spiro atoms. The summed E-state index contributed by atoms with van der Waals surface area (Å²) in [6.45, 7) is 10.8. The average molecular weight is 238 g/mol. The van der Waals surface area contributed by atoms with Crippen LogP contribution in [0.4, 0.5) is 0 Å². The molecular formula is C15H30N2. The van der Waals surface area contributed by atoms with Gasteiger partial charge in [0.2, 0.25) is 0 Å². The molecule has 1 N–H and O–H groups in total. The minimum Gasteiger partial charge on any atom is -0.309 e. The van der Waals surface area contributed by atoms with E-state index >= 15 is 0 Å². The molecule has 100 valence electrons. The van der Waals surface area contributed by atoms with Crippen LogP contribution in [0.3, 0.4) is 0 Å². The number of nitrogens with zero attached hydrogens (tertiary/aromatic N) is 1. The zero-order chi connectivity index (χ0) is 12.3. The van der Waals surface area contributed by atoms with Crippen LogP contribution in [0, 0.1) is 5.92 Å². The minimum atomic E-state index is 0.316. The van der Waals surface area contributed by atoms with E-state index in [1.807, 2.05) is 0 Å². The van der Waals surface area contributed by atoms with E-state index in [9.17, 15) is 0 Å². The Labute approximate surface area is 107 Å². The molecule has 2 rings (SSSR count). The average Bonchev–Trinajstić information content (AvgIpc) is 3.07. The Morgan fingerprint density at radius 2 is 1.94 bits per heavy atom. The van der Waals surface area contributed by atoms with Gasteiger partial charge in [-0.2, -0.15) is 0 Å². The molecule has 17 heavy (non-hydrogen) atoms. The third kappa shape index (κ3) is 3.96. The molecule has 0 aromatic carbocycles. The molecule has 1 aliphatic carbocycles. The van der Waals surface area contributed by atoms with Crippen molar-refractivity contribution in [3.8, 4) is 0 Å². The fraction of sp³-hybridized carbons (Fsp3) is 1.00. The molecule has 2 nitrogen and oxygen atoms in total. The molecule has 0 bridgehead atoms. The van der Waals surface area contributed by atoms with Gasteiger partial charge in [0, 0.05) is 24.7 Å². The minimum absolute atomic E-state index is 0.316. The van der Waals surface area contributed by atoms with Crippen LogP contribution >= 0.6 is 0 Å². The summed E-state index contributed by atoms with van der Waals surface area (Å²) in [7, 11) is 0. The first-order chi connectivity index (χ1) is 8.12. The quantitative estimate of drug-likeness (QED) is 0.716. The predicted octanol–water partition coefficient (Wildman–Crippen LogP) is 3.03. The molecule has 2 heteroatoms. The van der Waals surface area contributed by atoms with E-state index in [0.717, 1.165) is 12.0 Å². The molecule has 2 fully saturated rings. The van der Waals surface area contributed by atoms with Gasteiger partial charge in [-0.15, -0.1) is 0 Å². The van der Waals surface area contributed by atoms with E-state index in [1.54, 1.807) is 0 Å². The van der Waals surface area contributed by atoms with Gasteiger partial charge in [0.1, 0.15) is 0 Å². The Kier molecular flexibility index (Phi) is 4.48. The summed E-state index contributed by atoms with van der Waals surface area (Å²) in [5.74, 6) is 1.00. The van der Waals surface area contributed by atoms with Gasteiger partial charge in [-0.25, -0.2) is 0 Å². The highest BCUT2D eigenvalue weighted by Gasteiger charge is 2.40. The molecule has 1 atom stereocenters. The Morgan fingerprint density at radius 3 is 2.59 bits per heavy atom. The molecular weight excluding hydrogens is 208 g/mol. The highest BCUT2D eigenvalue weighted by molar-refractivity contribution is 4.98. The molecule has 0 radical (unpaired) electrons. The third-order valence-corrected chi connectivity index (χ3v) is 4.32. The van der Waals surface area contributed by atoms with Crippen LogP contribution < -0.4 is 5.32 Å². The van der Waals surface area contributed by atoms with E-state index in [4.69, 9.17) is 0 Å². The van der Waals surface area contributed by atoms with E-state index < -0.39 is 0 Å². The van der Waals surface area contributed by atoms with Gasteiger partial charge < -0.3 is 5.32 Å². The van der Waals surface area contributed by atoms with Gasteiger partial charge in [-0.1, -0.05) is 26.2 Å². The van der Waals surface area contributed by atoms with Crippen molar-refractivity contribution in [3.63, 3.8) is 0 Å². The number of piperazine rings is 1. The maximum atomic E-state index is 3.72. The first kappa shape index (κ1) is 13.4. The Balaban J connectivity index is 1.80. The second-order valence-corrected chi connectivity index (χ2v) is 6.70. The monoisotopic (exact) mass is 238 g/mol. The lowest BCUT2D eigenvalue weighted by atomic mass is 9.96. The Hall–Kier alpha value is -0.0800. The molecule has 1 saturated carbocycles. The van der Waals surface area contributed by atoms with Crippen LogP contribution in [-0.2, 0) is 0 Å². The maximum Gasteiger partial charge on any atom is 0.0252 e. The summed E-state index contributed by atoms with van der Waals surface area (Å²) >= 11 is 0. The van der Waals surface area contributed by atoms with Gasteiger partial charge in [0.15, 0.2) is 0 Å². The van der Waals surface area contributed by atoms with Gasteiger partial charge >= 0.3 is 0 Å². The van der Waals surface area contributed by atoms with Crippen molar-refractivity contribution in [1.29, 1.82) is 0 Å². The van der Waals surface area contributed by atoms with E-state index in [0.29, 0.717) is 5.54 Å². The fourth-order valence-electron chi connectivity index (χ4n) is 3.12. The predicted molar refractivity (Wildman–Crippen MR) is 74.3 cm³/mol. The first-order valence-corrected chi connectivity index (χ1v) is 7.61. The number of hydrogen-bond donors (Lipinski definition) is 1. The van der Waals surface area contributed by atoms with Gasteiger partial charge in [0.05, 0.1) is 0 Å². The highest BCUT2D eigenvalue weighted by Crippen LogP contribution is 2.37. The topological polar surface area (TPSA) is 15.3 Å². The SMILES string of the molecule is CCCCCCN1CC(C)(C)NCC1C1CC1. The lowest BCUT2D eigenvalue weighted by Gasteiger charge is -2.45.